The Morgan fingerprint density at radius 1 is 1.06 bits per heavy atom. The van der Waals surface area contributed by atoms with Crippen LogP contribution in [0.5, 0.6) is 0 Å². The van der Waals surface area contributed by atoms with Gasteiger partial charge in [0.25, 0.3) is 5.91 Å². The molecule has 0 spiro atoms. The highest BCUT2D eigenvalue weighted by atomic mass is 32.2. The fourth-order valence-electron chi connectivity index (χ4n) is 3.53. The second kappa shape index (κ2) is 10.3. The number of nitrogens with two attached hydrogens (primary N) is 1. The second-order valence-electron chi connectivity index (χ2n) is 9.32. The van der Waals surface area contributed by atoms with Crippen LogP contribution < -0.4 is 15.8 Å². The maximum absolute atomic E-state index is 13.4. The summed E-state index contributed by atoms with van der Waals surface area (Å²) in [6.07, 6.45) is 0.188. The summed E-state index contributed by atoms with van der Waals surface area (Å²) in [7, 11) is -4.16. The predicted molar refractivity (Wildman–Crippen MR) is 126 cm³/mol. The van der Waals surface area contributed by atoms with Gasteiger partial charge in [-0.15, -0.1) is 0 Å². The number of nitrogen functional groups attached to an aromatic ring is 1. The number of nitrogens with one attached hydrogen (secondary N) is 2. The first-order valence-electron chi connectivity index (χ1n) is 11.0. The number of carbonyl (C=O) groups is 2. The van der Waals surface area contributed by atoms with Crippen molar-refractivity contribution in [3.63, 3.8) is 0 Å². The molecule has 9 nitrogen and oxygen atoms in total. The molecule has 2 aromatic carbocycles. The molecule has 36 heavy (non-hydrogen) atoms. The van der Waals surface area contributed by atoms with Gasteiger partial charge in [-0.25, -0.2) is 31.1 Å². The minimum Gasteiger partial charge on any atom is -0.444 e. The van der Waals surface area contributed by atoms with Gasteiger partial charge in [0.15, 0.2) is 17.5 Å². The number of rotatable bonds is 5. The molecule has 0 saturated carbocycles. The van der Waals surface area contributed by atoms with Gasteiger partial charge in [-0.2, -0.15) is 0 Å². The van der Waals surface area contributed by atoms with Gasteiger partial charge in [0.2, 0.25) is 10.0 Å². The zero-order chi connectivity index (χ0) is 26.8. The van der Waals surface area contributed by atoms with E-state index >= 15 is 0 Å². The van der Waals surface area contributed by atoms with Crippen LogP contribution in [0.3, 0.4) is 0 Å². The van der Waals surface area contributed by atoms with Crippen LogP contribution in [0.15, 0.2) is 35.2 Å². The number of benzene rings is 2. The number of hydrogen-bond acceptors (Lipinski definition) is 6. The molecular formula is C23H27F3N4O5S. The molecule has 1 aliphatic rings. The number of ether oxygens (including phenoxy) is 1. The zero-order valence-corrected chi connectivity index (χ0v) is 20.7. The molecule has 1 aliphatic heterocycles. The van der Waals surface area contributed by atoms with Crippen molar-refractivity contribution in [1.29, 1.82) is 0 Å². The van der Waals surface area contributed by atoms with Gasteiger partial charge in [0, 0.05) is 42.5 Å². The quantitative estimate of drug-likeness (QED) is 0.401. The third-order valence-corrected chi connectivity index (χ3v) is 6.85. The highest BCUT2D eigenvalue weighted by Gasteiger charge is 2.30. The molecule has 0 bridgehead atoms. The molecule has 1 saturated heterocycles. The maximum Gasteiger partial charge on any atom is 0.410 e. The molecule has 3 rings (SSSR count). The highest BCUT2D eigenvalue weighted by molar-refractivity contribution is 7.89. The Morgan fingerprint density at radius 3 is 2.19 bits per heavy atom. The fourth-order valence-corrected chi connectivity index (χ4v) is 4.99. The summed E-state index contributed by atoms with van der Waals surface area (Å²) in [6.45, 7) is 5.82. The van der Waals surface area contributed by atoms with E-state index in [0.29, 0.717) is 25.0 Å². The van der Waals surface area contributed by atoms with Crippen molar-refractivity contribution in [2.24, 2.45) is 0 Å². The van der Waals surface area contributed by atoms with Crippen LogP contribution >= 0.6 is 0 Å². The Kier molecular flexibility index (Phi) is 7.84. The van der Waals surface area contributed by atoms with E-state index < -0.39 is 51.1 Å². The monoisotopic (exact) mass is 528 g/mol. The standard InChI is InChI=1S/C23H27F3N4O5S/c1-23(2,3)35-22(32)30-8-6-14(7-9-30)29-36(33,34)19-10-13(4-5-18(19)27)21(31)28-15-11-16(24)20(26)17(25)12-15/h4-5,10-12,14,29H,6-9,27H2,1-3H3,(H,28,31). The molecule has 4 N–H and O–H groups in total. The third-order valence-electron chi connectivity index (χ3n) is 5.28. The first-order valence-corrected chi connectivity index (χ1v) is 12.5. The predicted octanol–water partition coefficient (Wildman–Crippen LogP) is 3.62. The van der Waals surface area contributed by atoms with Gasteiger partial charge >= 0.3 is 6.09 Å². The lowest BCUT2D eigenvalue weighted by Crippen LogP contribution is -2.47. The van der Waals surface area contributed by atoms with Crippen molar-refractivity contribution in [2.75, 3.05) is 24.1 Å². The van der Waals surface area contributed by atoms with E-state index in [2.05, 4.69) is 10.0 Å². The number of piperidine rings is 1. The molecular weight excluding hydrogens is 501 g/mol. The zero-order valence-electron chi connectivity index (χ0n) is 19.9. The van der Waals surface area contributed by atoms with E-state index in [-0.39, 0.29) is 34.9 Å². The molecule has 0 aromatic heterocycles. The van der Waals surface area contributed by atoms with Crippen LogP contribution in [-0.2, 0) is 14.8 Å². The Morgan fingerprint density at radius 2 is 1.64 bits per heavy atom. The van der Waals surface area contributed by atoms with Crippen LogP contribution in [0.2, 0.25) is 0 Å². The van der Waals surface area contributed by atoms with Gasteiger partial charge in [-0.1, -0.05) is 0 Å². The van der Waals surface area contributed by atoms with E-state index in [1.165, 1.54) is 17.0 Å². The van der Waals surface area contributed by atoms with Crippen molar-refractivity contribution in [2.45, 2.75) is 50.2 Å². The van der Waals surface area contributed by atoms with Crippen molar-refractivity contribution in [1.82, 2.24) is 9.62 Å². The number of halogens is 3. The Bertz CT molecular complexity index is 1250. The number of sulfonamides is 1. The van der Waals surface area contributed by atoms with E-state index in [4.69, 9.17) is 10.5 Å². The number of amides is 2. The molecule has 1 fully saturated rings. The molecule has 1 heterocycles. The Hall–Kier alpha value is -3.32. The summed E-state index contributed by atoms with van der Waals surface area (Å²) in [5, 5.41) is 2.19. The number of carbonyl (C=O) groups excluding carboxylic acids is 2. The van der Waals surface area contributed by atoms with Gasteiger partial charge < -0.3 is 20.7 Å². The van der Waals surface area contributed by atoms with E-state index in [1.54, 1.807) is 20.8 Å². The lowest BCUT2D eigenvalue weighted by atomic mass is 10.1. The van der Waals surface area contributed by atoms with Crippen LogP contribution in [0.4, 0.5) is 29.3 Å². The molecule has 0 unspecified atom stereocenters. The van der Waals surface area contributed by atoms with Crippen molar-refractivity contribution in [3.8, 4) is 0 Å². The minimum absolute atomic E-state index is 0.121. The first kappa shape index (κ1) is 27.3. The summed E-state index contributed by atoms with van der Waals surface area (Å²) in [5.41, 5.74) is 4.57. The van der Waals surface area contributed by atoms with Gasteiger partial charge in [0.05, 0.1) is 5.69 Å². The van der Waals surface area contributed by atoms with Crippen molar-refractivity contribution >= 4 is 33.4 Å². The van der Waals surface area contributed by atoms with E-state index in [0.717, 1.165) is 6.07 Å². The van der Waals surface area contributed by atoms with Crippen molar-refractivity contribution < 1.29 is 35.9 Å². The normalized spacial score (nSPS) is 15.0. The number of anilines is 2. The van der Waals surface area contributed by atoms with E-state index in [9.17, 15) is 31.2 Å². The van der Waals surface area contributed by atoms with Crippen LogP contribution in [0.25, 0.3) is 0 Å². The largest absolute Gasteiger partial charge is 0.444 e. The number of hydrogen-bond donors (Lipinski definition) is 3. The smallest absolute Gasteiger partial charge is 0.410 e. The average molecular weight is 529 g/mol. The minimum atomic E-state index is -4.16. The molecule has 0 atom stereocenters. The van der Waals surface area contributed by atoms with Gasteiger partial charge in [-0.05, 0) is 51.8 Å². The lowest BCUT2D eigenvalue weighted by Gasteiger charge is -2.33. The van der Waals surface area contributed by atoms with Gasteiger partial charge in [0.1, 0.15) is 10.5 Å². The topological polar surface area (TPSA) is 131 Å². The van der Waals surface area contributed by atoms with Crippen LogP contribution in [0, 0.1) is 17.5 Å². The number of likely N-dealkylation sites (tertiary alicyclic amines) is 1. The van der Waals surface area contributed by atoms with E-state index in [1.807, 2.05) is 0 Å². The summed E-state index contributed by atoms with van der Waals surface area (Å²) >= 11 is 0. The first-order chi connectivity index (χ1) is 16.7. The van der Waals surface area contributed by atoms with Crippen LogP contribution in [0.1, 0.15) is 44.0 Å². The molecule has 2 amide bonds. The molecule has 196 valence electrons. The molecule has 2 aromatic rings. The highest BCUT2D eigenvalue weighted by Crippen LogP contribution is 2.24. The summed E-state index contributed by atoms with van der Waals surface area (Å²) < 4.78 is 73.9. The fraction of sp³-hybridized carbons (Fsp3) is 0.391. The molecule has 0 radical (unpaired) electrons. The average Bonchev–Trinajstić information content (AvgIpc) is 2.76. The third kappa shape index (κ3) is 6.66. The molecule has 0 aliphatic carbocycles. The summed E-state index contributed by atoms with van der Waals surface area (Å²) in [4.78, 5) is 25.9. The van der Waals surface area contributed by atoms with Crippen LogP contribution in [-0.4, -0.2) is 50.1 Å². The molecule has 13 heteroatoms. The second-order valence-corrected chi connectivity index (χ2v) is 11.0. The lowest BCUT2D eigenvalue weighted by molar-refractivity contribution is 0.0203. The Labute approximate surface area is 206 Å². The Balaban J connectivity index is 1.69. The number of nitrogens with zero attached hydrogens (tertiary/aromatic N) is 1. The van der Waals surface area contributed by atoms with Gasteiger partial charge in [-0.3, -0.25) is 4.79 Å². The van der Waals surface area contributed by atoms with Crippen molar-refractivity contribution in [3.05, 3.63) is 53.3 Å². The SMILES string of the molecule is CC(C)(C)OC(=O)N1CCC(NS(=O)(=O)c2cc(C(=O)Nc3cc(F)c(F)c(F)c3)ccc2N)CC1. The summed E-state index contributed by atoms with van der Waals surface area (Å²) in [5.74, 6) is -5.56. The maximum atomic E-state index is 13.4. The summed E-state index contributed by atoms with van der Waals surface area (Å²) in [6, 6.07) is 4.17.